The molecule has 1 atom stereocenters. The van der Waals surface area contributed by atoms with E-state index in [4.69, 9.17) is 23.2 Å². The molecule has 0 aliphatic heterocycles. The summed E-state index contributed by atoms with van der Waals surface area (Å²) >= 11 is 11.7. The van der Waals surface area contributed by atoms with E-state index in [1.807, 2.05) is 19.1 Å². The van der Waals surface area contributed by atoms with Crippen molar-refractivity contribution >= 4 is 29.5 Å². The van der Waals surface area contributed by atoms with E-state index >= 15 is 0 Å². The molecule has 13 heavy (non-hydrogen) atoms. The van der Waals surface area contributed by atoms with E-state index in [9.17, 15) is 4.79 Å². The lowest BCUT2D eigenvalue weighted by Crippen LogP contribution is -2.06. The van der Waals surface area contributed by atoms with Crippen LogP contribution >= 0.6 is 23.2 Å². The Balaban J connectivity index is 2.93. The van der Waals surface area contributed by atoms with Crippen LogP contribution in [0.25, 0.3) is 0 Å². The van der Waals surface area contributed by atoms with Crippen LogP contribution in [0.3, 0.4) is 0 Å². The Labute approximate surface area is 87.7 Å². The van der Waals surface area contributed by atoms with Crippen molar-refractivity contribution in [3.05, 3.63) is 34.3 Å². The van der Waals surface area contributed by atoms with E-state index in [0.717, 1.165) is 17.4 Å². The minimum atomic E-state index is -0.487. The van der Waals surface area contributed by atoms with E-state index in [0.29, 0.717) is 11.4 Å². The van der Waals surface area contributed by atoms with Crippen LogP contribution in [0.4, 0.5) is 0 Å². The van der Waals surface area contributed by atoms with Gasteiger partial charge in [0.2, 0.25) is 0 Å². The molecule has 0 heterocycles. The van der Waals surface area contributed by atoms with Gasteiger partial charge in [0.1, 0.15) is 6.29 Å². The highest BCUT2D eigenvalue weighted by Crippen LogP contribution is 2.21. The molecule has 0 radical (unpaired) electrons. The van der Waals surface area contributed by atoms with Gasteiger partial charge in [-0.15, -0.1) is 11.6 Å². The first kappa shape index (κ1) is 10.6. The molecule has 0 fully saturated rings. The second kappa shape index (κ2) is 4.64. The number of hydrogen-bond acceptors (Lipinski definition) is 1. The molecule has 1 rings (SSSR count). The van der Waals surface area contributed by atoms with Crippen LogP contribution < -0.4 is 0 Å². The molecule has 3 heteroatoms. The second-order valence-corrected chi connectivity index (χ2v) is 3.86. The molecule has 0 aliphatic rings. The van der Waals surface area contributed by atoms with E-state index in [1.165, 1.54) is 0 Å². The van der Waals surface area contributed by atoms with Gasteiger partial charge in [0.25, 0.3) is 0 Å². The van der Waals surface area contributed by atoms with Gasteiger partial charge in [-0.1, -0.05) is 23.7 Å². The van der Waals surface area contributed by atoms with Gasteiger partial charge < -0.3 is 4.79 Å². The molecule has 0 N–H and O–H groups in total. The SMILES string of the molecule is Cc1cccc(Cl)c1CC(Cl)C=O. The van der Waals surface area contributed by atoms with Crippen molar-refractivity contribution in [2.75, 3.05) is 0 Å². The van der Waals surface area contributed by atoms with Gasteiger partial charge in [-0.25, -0.2) is 0 Å². The summed E-state index contributed by atoms with van der Waals surface area (Å²) in [5, 5.41) is 0.186. The molecule has 1 aromatic carbocycles. The summed E-state index contributed by atoms with van der Waals surface area (Å²) in [5.41, 5.74) is 2.02. The molecule has 0 bridgehead atoms. The average molecular weight is 217 g/mol. The molecule has 0 aliphatic carbocycles. The van der Waals surface area contributed by atoms with Gasteiger partial charge in [-0.3, -0.25) is 0 Å². The van der Waals surface area contributed by atoms with Crippen molar-refractivity contribution in [1.82, 2.24) is 0 Å². The monoisotopic (exact) mass is 216 g/mol. The number of hydrogen-bond donors (Lipinski definition) is 0. The first-order valence-corrected chi connectivity index (χ1v) is 4.80. The van der Waals surface area contributed by atoms with Gasteiger partial charge in [0, 0.05) is 5.02 Å². The average Bonchev–Trinajstić information content (AvgIpc) is 2.11. The summed E-state index contributed by atoms with van der Waals surface area (Å²) in [7, 11) is 0. The summed E-state index contributed by atoms with van der Waals surface area (Å²) in [6.45, 7) is 1.95. The number of alkyl halides is 1. The van der Waals surface area contributed by atoms with E-state index in [-0.39, 0.29) is 0 Å². The van der Waals surface area contributed by atoms with Gasteiger partial charge in [0.15, 0.2) is 0 Å². The van der Waals surface area contributed by atoms with E-state index in [2.05, 4.69) is 0 Å². The fourth-order valence-corrected chi connectivity index (χ4v) is 1.62. The molecular weight excluding hydrogens is 207 g/mol. The zero-order chi connectivity index (χ0) is 9.84. The number of aryl methyl sites for hydroxylation is 1. The smallest absolute Gasteiger partial charge is 0.138 e. The fraction of sp³-hybridized carbons (Fsp3) is 0.300. The van der Waals surface area contributed by atoms with Crippen molar-refractivity contribution in [2.24, 2.45) is 0 Å². The lowest BCUT2D eigenvalue weighted by atomic mass is 10.0. The van der Waals surface area contributed by atoms with Crippen molar-refractivity contribution in [3.8, 4) is 0 Å². The first-order valence-electron chi connectivity index (χ1n) is 3.98. The van der Waals surface area contributed by atoms with Gasteiger partial charge in [0.05, 0.1) is 5.38 Å². The van der Waals surface area contributed by atoms with Crippen molar-refractivity contribution in [2.45, 2.75) is 18.7 Å². The summed E-state index contributed by atoms with van der Waals surface area (Å²) in [6, 6.07) is 5.64. The van der Waals surface area contributed by atoms with Gasteiger partial charge >= 0.3 is 0 Å². The highest BCUT2D eigenvalue weighted by Gasteiger charge is 2.09. The maximum Gasteiger partial charge on any atom is 0.138 e. The highest BCUT2D eigenvalue weighted by molar-refractivity contribution is 6.32. The maximum atomic E-state index is 10.4. The summed E-state index contributed by atoms with van der Waals surface area (Å²) in [4.78, 5) is 10.4. The predicted octanol–water partition coefficient (Wildman–Crippen LogP) is 3.00. The molecule has 70 valence electrons. The molecule has 0 saturated heterocycles. The number of carbonyl (C=O) groups excluding carboxylic acids is 1. The topological polar surface area (TPSA) is 17.1 Å². The third-order valence-corrected chi connectivity index (χ3v) is 2.51. The number of halogens is 2. The first-order chi connectivity index (χ1) is 6.15. The summed E-state index contributed by atoms with van der Waals surface area (Å²) in [6.07, 6.45) is 1.22. The van der Waals surface area contributed by atoms with Crippen LogP contribution in [0.5, 0.6) is 0 Å². The van der Waals surface area contributed by atoms with Crippen LogP contribution in [0.15, 0.2) is 18.2 Å². The Morgan fingerprint density at radius 1 is 1.54 bits per heavy atom. The molecular formula is C10H10Cl2O. The van der Waals surface area contributed by atoms with Crippen molar-refractivity contribution < 1.29 is 4.79 Å². The predicted molar refractivity (Wildman–Crippen MR) is 55.6 cm³/mol. The van der Waals surface area contributed by atoms with Crippen molar-refractivity contribution in [1.29, 1.82) is 0 Å². The summed E-state index contributed by atoms with van der Waals surface area (Å²) in [5.74, 6) is 0. The Bertz CT molecular complexity index is 290. The summed E-state index contributed by atoms with van der Waals surface area (Å²) < 4.78 is 0. The molecule has 0 amide bonds. The van der Waals surface area contributed by atoms with E-state index < -0.39 is 5.38 Å². The lowest BCUT2D eigenvalue weighted by Gasteiger charge is -2.08. The second-order valence-electron chi connectivity index (χ2n) is 2.89. The van der Waals surface area contributed by atoms with Gasteiger partial charge in [-0.05, 0) is 30.5 Å². The Morgan fingerprint density at radius 3 is 2.77 bits per heavy atom. The number of carbonyl (C=O) groups is 1. The Hall–Kier alpha value is -0.530. The molecule has 1 aromatic rings. The highest BCUT2D eigenvalue weighted by atomic mass is 35.5. The van der Waals surface area contributed by atoms with Crippen LogP contribution in [0, 0.1) is 6.92 Å². The van der Waals surface area contributed by atoms with Crippen LogP contribution in [-0.2, 0) is 11.2 Å². The van der Waals surface area contributed by atoms with E-state index in [1.54, 1.807) is 6.07 Å². The minimum Gasteiger partial charge on any atom is -0.302 e. The molecule has 0 saturated carbocycles. The number of rotatable bonds is 3. The standard InChI is InChI=1S/C10H10Cl2O/c1-7-3-2-4-10(12)9(7)5-8(11)6-13/h2-4,6,8H,5H2,1H3. The van der Waals surface area contributed by atoms with Gasteiger partial charge in [-0.2, -0.15) is 0 Å². The molecule has 1 nitrogen and oxygen atoms in total. The van der Waals surface area contributed by atoms with Crippen LogP contribution in [0.2, 0.25) is 5.02 Å². The molecule has 1 unspecified atom stereocenters. The Kier molecular flexibility index (Phi) is 3.76. The molecule has 0 spiro atoms. The van der Waals surface area contributed by atoms with Crippen molar-refractivity contribution in [3.63, 3.8) is 0 Å². The normalized spacial score (nSPS) is 12.5. The third-order valence-electron chi connectivity index (χ3n) is 1.90. The Morgan fingerprint density at radius 2 is 2.23 bits per heavy atom. The van der Waals surface area contributed by atoms with Crippen LogP contribution in [-0.4, -0.2) is 11.7 Å². The maximum absolute atomic E-state index is 10.4. The zero-order valence-electron chi connectivity index (χ0n) is 7.26. The zero-order valence-corrected chi connectivity index (χ0v) is 8.77. The largest absolute Gasteiger partial charge is 0.302 e. The number of benzene rings is 1. The molecule has 0 aromatic heterocycles. The van der Waals surface area contributed by atoms with Crippen LogP contribution in [0.1, 0.15) is 11.1 Å². The quantitative estimate of drug-likeness (QED) is 0.561. The lowest BCUT2D eigenvalue weighted by molar-refractivity contribution is -0.107. The third kappa shape index (κ3) is 2.71. The number of aldehydes is 1. The fourth-order valence-electron chi connectivity index (χ4n) is 1.17. The minimum absolute atomic E-state index is 0.487.